The highest BCUT2D eigenvalue weighted by Gasteiger charge is 2.29. The highest BCUT2D eigenvalue weighted by molar-refractivity contribution is 7.80. The van der Waals surface area contributed by atoms with Crippen molar-refractivity contribution in [3.63, 3.8) is 0 Å². The van der Waals surface area contributed by atoms with E-state index in [2.05, 4.69) is 52.3 Å². The Balaban J connectivity index is 2.40. The van der Waals surface area contributed by atoms with Crippen LogP contribution >= 0.6 is 12.6 Å². The summed E-state index contributed by atoms with van der Waals surface area (Å²) in [5, 5.41) is 0. The van der Waals surface area contributed by atoms with E-state index < -0.39 is 0 Å². The minimum Gasteiger partial charge on any atom is -0.303 e. The highest BCUT2D eigenvalue weighted by atomic mass is 32.1. The van der Waals surface area contributed by atoms with Gasteiger partial charge in [0.05, 0.1) is 0 Å². The van der Waals surface area contributed by atoms with Gasteiger partial charge in [0.1, 0.15) is 0 Å². The van der Waals surface area contributed by atoms with Gasteiger partial charge in [-0.15, -0.1) is 0 Å². The minimum absolute atomic E-state index is 0.582. The van der Waals surface area contributed by atoms with Gasteiger partial charge in [-0.25, -0.2) is 0 Å². The molecule has 0 aromatic heterocycles. The van der Waals surface area contributed by atoms with Crippen molar-refractivity contribution in [2.75, 3.05) is 19.3 Å². The molecule has 17 heavy (non-hydrogen) atoms. The van der Waals surface area contributed by atoms with E-state index in [1.807, 2.05) is 0 Å². The zero-order chi connectivity index (χ0) is 13.1. The Hall–Kier alpha value is 0.310. The van der Waals surface area contributed by atoms with Crippen molar-refractivity contribution in [2.24, 2.45) is 17.3 Å². The van der Waals surface area contributed by atoms with E-state index in [1.54, 1.807) is 0 Å². The smallest absolute Gasteiger partial charge is 0.00927 e. The molecule has 102 valence electrons. The molecule has 1 aliphatic rings. The van der Waals surface area contributed by atoms with E-state index in [4.69, 9.17) is 0 Å². The Morgan fingerprint density at radius 3 is 2.18 bits per heavy atom. The van der Waals surface area contributed by atoms with Crippen molar-refractivity contribution >= 4 is 12.6 Å². The molecule has 0 aromatic rings. The zero-order valence-electron chi connectivity index (χ0n) is 12.4. The van der Waals surface area contributed by atoms with Crippen LogP contribution < -0.4 is 0 Å². The third kappa shape index (κ3) is 4.82. The average molecular weight is 257 g/mol. The molecule has 1 rings (SSSR count). The Kier molecular flexibility index (Phi) is 5.85. The molecule has 0 bridgehead atoms. The summed E-state index contributed by atoms with van der Waals surface area (Å²) in [6.07, 6.45) is 5.52. The van der Waals surface area contributed by atoms with Crippen LogP contribution in [0, 0.1) is 17.3 Å². The molecule has 0 N–H and O–H groups in total. The maximum absolute atomic E-state index is 4.49. The lowest BCUT2D eigenvalue weighted by molar-refractivity contribution is 0.110. The van der Waals surface area contributed by atoms with Gasteiger partial charge >= 0.3 is 0 Å². The van der Waals surface area contributed by atoms with Crippen LogP contribution in [0.1, 0.15) is 53.4 Å². The molecule has 2 heteroatoms. The number of nitrogens with zero attached hydrogens (tertiary/aromatic N) is 1. The molecule has 0 aromatic carbocycles. The van der Waals surface area contributed by atoms with Crippen molar-refractivity contribution in [2.45, 2.75) is 59.4 Å². The van der Waals surface area contributed by atoms with Crippen LogP contribution in [0.2, 0.25) is 0 Å². The molecule has 0 aliphatic heterocycles. The van der Waals surface area contributed by atoms with Gasteiger partial charge in [-0.05, 0) is 55.7 Å². The van der Waals surface area contributed by atoms with Gasteiger partial charge in [-0.1, -0.05) is 27.7 Å². The normalized spacial score (nSPS) is 23.3. The summed E-state index contributed by atoms with van der Waals surface area (Å²) in [4.78, 5) is 2.59. The quantitative estimate of drug-likeness (QED) is 0.726. The van der Waals surface area contributed by atoms with E-state index in [0.717, 1.165) is 23.6 Å². The fraction of sp³-hybridized carbons (Fsp3) is 1.00. The van der Waals surface area contributed by atoms with Crippen LogP contribution in [-0.2, 0) is 0 Å². The molecule has 1 aliphatic carbocycles. The van der Waals surface area contributed by atoms with Crippen LogP contribution in [0.15, 0.2) is 0 Å². The molecule has 0 amide bonds. The lowest BCUT2D eigenvalue weighted by Crippen LogP contribution is -2.40. The van der Waals surface area contributed by atoms with Gasteiger partial charge in [0.25, 0.3) is 0 Å². The van der Waals surface area contributed by atoms with E-state index in [-0.39, 0.29) is 0 Å². The molecule has 0 spiro atoms. The van der Waals surface area contributed by atoms with Crippen molar-refractivity contribution in [3.05, 3.63) is 0 Å². The second-order valence-corrected chi connectivity index (χ2v) is 7.39. The van der Waals surface area contributed by atoms with Crippen molar-refractivity contribution in [1.29, 1.82) is 0 Å². The molecule has 0 saturated heterocycles. The second kappa shape index (κ2) is 6.47. The average Bonchev–Trinajstić information content (AvgIpc) is 2.25. The molecule has 1 atom stereocenters. The largest absolute Gasteiger partial charge is 0.303 e. The molecule has 1 fully saturated rings. The monoisotopic (exact) mass is 257 g/mol. The highest BCUT2D eigenvalue weighted by Crippen LogP contribution is 2.36. The SMILES string of the molecule is CC(C)C(CS)CN(C)C1CCC(C)(C)CC1. The van der Waals surface area contributed by atoms with E-state index in [1.165, 1.54) is 32.2 Å². The number of rotatable bonds is 5. The summed E-state index contributed by atoms with van der Waals surface area (Å²) in [5.41, 5.74) is 0.582. The maximum atomic E-state index is 4.49. The Morgan fingerprint density at radius 2 is 1.76 bits per heavy atom. The Labute approximate surface area is 114 Å². The lowest BCUT2D eigenvalue weighted by atomic mass is 9.75. The number of hydrogen-bond donors (Lipinski definition) is 1. The predicted octanol–water partition coefficient (Wildman–Crippen LogP) is 4.09. The first-order chi connectivity index (χ1) is 7.85. The van der Waals surface area contributed by atoms with E-state index >= 15 is 0 Å². The van der Waals surface area contributed by atoms with Crippen LogP contribution in [0.5, 0.6) is 0 Å². The van der Waals surface area contributed by atoms with Gasteiger partial charge in [0.2, 0.25) is 0 Å². The van der Waals surface area contributed by atoms with Crippen molar-refractivity contribution < 1.29 is 0 Å². The summed E-state index contributed by atoms with van der Waals surface area (Å²) < 4.78 is 0. The predicted molar refractivity (Wildman–Crippen MR) is 80.8 cm³/mol. The molecule has 0 radical (unpaired) electrons. The summed E-state index contributed by atoms with van der Waals surface area (Å²) >= 11 is 4.49. The Morgan fingerprint density at radius 1 is 1.24 bits per heavy atom. The van der Waals surface area contributed by atoms with E-state index in [0.29, 0.717) is 5.41 Å². The van der Waals surface area contributed by atoms with Crippen LogP contribution in [0.4, 0.5) is 0 Å². The third-order valence-electron chi connectivity index (χ3n) is 4.63. The van der Waals surface area contributed by atoms with Gasteiger partial charge in [0.15, 0.2) is 0 Å². The fourth-order valence-corrected chi connectivity index (χ4v) is 3.36. The maximum Gasteiger partial charge on any atom is 0.00927 e. The Bertz CT molecular complexity index is 215. The summed E-state index contributed by atoms with van der Waals surface area (Å²) in [7, 11) is 2.31. The lowest BCUT2D eigenvalue weighted by Gasteiger charge is -2.40. The van der Waals surface area contributed by atoms with Crippen LogP contribution in [-0.4, -0.2) is 30.3 Å². The number of hydrogen-bond acceptors (Lipinski definition) is 2. The molecule has 1 nitrogen and oxygen atoms in total. The van der Waals surface area contributed by atoms with Crippen molar-refractivity contribution in [3.8, 4) is 0 Å². The summed E-state index contributed by atoms with van der Waals surface area (Å²) in [6, 6.07) is 0.809. The first kappa shape index (κ1) is 15.4. The second-order valence-electron chi connectivity index (χ2n) is 7.02. The topological polar surface area (TPSA) is 3.24 Å². The zero-order valence-corrected chi connectivity index (χ0v) is 13.3. The molecule has 1 saturated carbocycles. The van der Waals surface area contributed by atoms with Gasteiger partial charge in [0, 0.05) is 12.6 Å². The van der Waals surface area contributed by atoms with Crippen LogP contribution in [0.3, 0.4) is 0 Å². The van der Waals surface area contributed by atoms with Crippen LogP contribution in [0.25, 0.3) is 0 Å². The van der Waals surface area contributed by atoms with E-state index in [9.17, 15) is 0 Å². The third-order valence-corrected chi connectivity index (χ3v) is 5.10. The molecule has 0 heterocycles. The molecular weight excluding hydrogens is 226 g/mol. The minimum atomic E-state index is 0.582. The van der Waals surface area contributed by atoms with Gasteiger partial charge in [-0.3, -0.25) is 0 Å². The first-order valence-electron chi connectivity index (χ1n) is 7.17. The standard InChI is InChI=1S/C15H31NS/c1-12(2)13(11-17)10-16(5)14-6-8-15(3,4)9-7-14/h12-14,17H,6-11H2,1-5H3. The fourth-order valence-electron chi connectivity index (χ4n) is 2.82. The van der Waals surface area contributed by atoms with Crippen molar-refractivity contribution in [1.82, 2.24) is 4.90 Å². The van der Waals surface area contributed by atoms with Gasteiger partial charge in [-0.2, -0.15) is 12.6 Å². The molecule has 1 unspecified atom stereocenters. The molecular formula is C15H31NS. The first-order valence-corrected chi connectivity index (χ1v) is 7.80. The number of thiol groups is 1. The van der Waals surface area contributed by atoms with Gasteiger partial charge < -0.3 is 4.90 Å². The summed E-state index contributed by atoms with van der Waals surface area (Å²) in [5.74, 6) is 2.49. The summed E-state index contributed by atoms with van der Waals surface area (Å²) in [6.45, 7) is 10.7.